The minimum Gasteiger partial charge on any atom is -0.308 e. The number of fused-ring (bicyclic) bond motifs is 10. The highest BCUT2D eigenvalue weighted by Gasteiger charge is 2.43. The van der Waals surface area contributed by atoms with Gasteiger partial charge >= 0.3 is 0 Å². The number of hydrazine groups is 1. The number of hydrogen-bond donors (Lipinski definition) is 2. The van der Waals surface area contributed by atoms with Crippen LogP contribution in [0.1, 0.15) is 26.4 Å². The van der Waals surface area contributed by atoms with Gasteiger partial charge in [-0.1, -0.05) is 78.9 Å². The highest BCUT2D eigenvalue weighted by atomic mass is 16.2. The zero-order valence-electron chi connectivity index (χ0n) is 25.3. The van der Waals surface area contributed by atoms with Gasteiger partial charge in [0.25, 0.3) is 11.8 Å². The Morgan fingerprint density at radius 1 is 0.625 bits per heavy atom. The lowest BCUT2D eigenvalue weighted by Crippen LogP contribution is -2.41. The molecule has 48 heavy (non-hydrogen) atoms. The van der Waals surface area contributed by atoms with Gasteiger partial charge in [-0.3, -0.25) is 25.4 Å². The summed E-state index contributed by atoms with van der Waals surface area (Å²) in [6.07, 6.45) is 2.76. The summed E-state index contributed by atoms with van der Waals surface area (Å²) in [5.41, 5.74) is 8.64. The highest BCUT2D eigenvalue weighted by molar-refractivity contribution is 6.40. The summed E-state index contributed by atoms with van der Waals surface area (Å²) in [7, 11) is 0. The molecule has 228 valence electrons. The molecule has 9 rings (SSSR count). The van der Waals surface area contributed by atoms with Crippen LogP contribution in [0, 0.1) is 5.41 Å². The van der Waals surface area contributed by atoms with Crippen LogP contribution in [0.4, 0.5) is 0 Å². The molecule has 1 aliphatic heterocycles. The van der Waals surface area contributed by atoms with Crippen LogP contribution < -0.4 is 5.43 Å². The predicted molar refractivity (Wildman–Crippen MR) is 188 cm³/mol. The zero-order valence-corrected chi connectivity index (χ0v) is 25.3. The molecule has 0 atom stereocenters. The van der Waals surface area contributed by atoms with Crippen LogP contribution in [0.15, 0.2) is 139 Å². The molecule has 0 saturated heterocycles. The number of carbonyl (C=O) groups excluding carboxylic acids is 2. The number of nitrogens with zero attached hydrogens (tertiary/aromatic N) is 5. The first-order valence-corrected chi connectivity index (χ1v) is 15.4. The van der Waals surface area contributed by atoms with Crippen LogP contribution in [-0.2, 0) is 0 Å². The van der Waals surface area contributed by atoms with Crippen molar-refractivity contribution in [3.05, 3.63) is 150 Å². The maximum Gasteiger partial charge on any atom is 0.282 e. The minimum atomic E-state index is -0.512. The number of imide groups is 1. The molecule has 5 aromatic carbocycles. The van der Waals surface area contributed by atoms with Gasteiger partial charge in [-0.25, -0.2) is 4.99 Å². The summed E-state index contributed by atoms with van der Waals surface area (Å²) in [5.74, 6) is -1.14. The average molecular weight is 624 g/mol. The van der Waals surface area contributed by atoms with E-state index >= 15 is 0 Å². The second-order valence-corrected chi connectivity index (χ2v) is 11.5. The van der Waals surface area contributed by atoms with Crippen LogP contribution in [0.3, 0.4) is 0 Å². The Kier molecular flexibility index (Phi) is 6.06. The molecule has 0 saturated carbocycles. The predicted octanol–water partition coefficient (Wildman–Crippen LogP) is 7.43. The Balaban J connectivity index is 1.39. The number of aliphatic imine (C=N–C) groups is 1. The molecule has 4 heterocycles. The van der Waals surface area contributed by atoms with Gasteiger partial charge in [0.05, 0.1) is 33.2 Å². The van der Waals surface area contributed by atoms with Crippen molar-refractivity contribution in [3.8, 4) is 11.4 Å². The number of amidine groups is 1. The van der Waals surface area contributed by atoms with Gasteiger partial charge in [-0.2, -0.15) is 5.01 Å². The standard InChI is InChI=1S/C39H25N7O2/c40-37(28-19-11-12-22-41-28)42-23-43-46-38(47)33-34(39(46)48)36-32(27-18-8-10-21-30(27)45(36)25-15-5-2-6-16-25)31-26-17-7-9-20-29(26)44(35(31)33)24-13-3-1-4-14-24/h1-23H,(H2,40,42,43). The van der Waals surface area contributed by atoms with Crippen LogP contribution in [0.2, 0.25) is 0 Å². The number of pyridine rings is 1. The maximum atomic E-state index is 14.6. The molecule has 0 unspecified atom stereocenters. The maximum absolute atomic E-state index is 14.6. The molecule has 2 amide bonds. The second-order valence-electron chi connectivity index (χ2n) is 11.5. The van der Waals surface area contributed by atoms with E-state index in [4.69, 9.17) is 5.41 Å². The third kappa shape index (κ3) is 3.88. The number of rotatable bonds is 5. The zero-order chi connectivity index (χ0) is 32.4. The molecular formula is C39H25N7O2. The van der Waals surface area contributed by atoms with Crippen molar-refractivity contribution in [3.63, 3.8) is 0 Å². The number of aromatic nitrogens is 3. The fourth-order valence-electron chi connectivity index (χ4n) is 6.96. The molecule has 9 heteroatoms. The summed E-state index contributed by atoms with van der Waals surface area (Å²) in [6, 6.07) is 41.2. The summed E-state index contributed by atoms with van der Waals surface area (Å²) < 4.78 is 4.16. The van der Waals surface area contributed by atoms with E-state index in [-0.39, 0.29) is 5.84 Å². The molecule has 0 fully saturated rings. The molecular weight excluding hydrogens is 598 g/mol. The second kappa shape index (κ2) is 10.6. The van der Waals surface area contributed by atoms with Gasteiger partial charge in [0.2, 0.25) is 0 Å². The van der Waals surface area contributed by atoms with E-state index in [2.05, 4.69) is 36.7 Å². The van der Waals surface area contributed by atoms with Gasteiger partial charge in [-0.05, 0) is 48.5 Å². The quantitative estimate of drug-likeness (QED) is 0.118. The van der Waals surface area contributed by atoms with Crippen molar-refractivity contribution in [2.24, 2.45) is 4.99 Å². The van der Waals surface area contributed by atoms with Gasteiger partial charge in [0.15, 0.2) is 5.84 Å². The van der Waals surface area contributed by atoms with Crippen molar-refractivity contribution >= 4 is 67.6 Å². The normalized spacial score (nSPS) is 13.0. The number of benzene rings is 5. The number of para-hydroxylation sites is 4. The lowest BCUT2D eigenvalue weighted by Gasteiger charge is -2.12. The van der Waals surface area contributed by atoms with E-state index in [9.17, 15) is 9.59 Å². The van der Waals surface area contributed by atoms with Gasteiger partial charge in [0, 0.05) is 39.1 Å². The summed E-state index contributed by atoms with van der Waals surface area (Å²) in [6.45, 7) is 0. The SMILES string of the molecule is N=C(N=CNN1C(=O)c2c(c3c(c4ccccc4n3-c3ccccc3)c3c4ccccc4n(-c4ccccc4)c23)C1=O)c1ccccn1. The third-order valence-corrected chi connectivity index (χ3v) is 8.87. The lowest BCUT2D eigenvalue weighted by atomic mass is 9.98. The van der Waals surface area contributed by atoms with E-state index < -0.39 is 11.8 Å². The highest BCUT2D eigenvalue weighted by Crippen LogP contribution is 2.47. The number of amides is 2. The van der Waals surface area contributed by atoms with Crippen LogP contribution in [-0.4, -0.2) is 43.1 Å². The molecule has 8 aromatic rings. The summed E-state index contributed by atoms with van der Waals surface area (Å²) in [5, 5.41) is 13.0. The molecule has 0 aliphatic carbocycles. The molecule has 3 aromatic heterocycles. The Labute approximate surface area is 273 Å². The van der Waals surface area contributed by atoms with Crippen LogP contribution >= 0.6 is 0 Å². The first-order chi connectivity index (χ1) is 23.6. The van der Waals surface area contributed by atoms with Crippen molar-refractivity contribution < 1.29 is 9.59 Å². The average Bonchev–Trinajstić information content (AvgIpc) is 3.74. The van der Waals surface area contributed by atoms with Crippen LogP contribution in [0.5, 0.6) is 0 Å². The first-order valence-electron chi connectivity index (χ1n) is 15.4. The Morgan fingerprint density at radius 3 is 1.60 bits per heavy atom. The molecule has 0 radical (unpaired) electrons. The van der Waals surface area contributed by atoms with E-state index in [1.807, 2.05) is 97.1 Å². The lowest BCUT2D eigenvalue weighted by molar-refractivity contribution is 0.0616. The van der Waals surface area contributed by atoms with Crippen molar-refractivity contribution in [1.82, 2.24) is 24.6 Å². The topological polar surface area (TPSA) is 108 Å². The first kappa shape index (κ1) is 27.4. The van der Waals surface area contributed by atoms with E-state index in [1.165, 1.54) is 6.34 Å². The third-order valence-electron chi connectivity index (χ3n) is 8.87. The smallest absolute Gasteiger partial charge is 0.282 e. The Morgan fingerprint density at radius 2 is 1.10 bits per heavy atom. The van der Waals surface area contributed by atoms with Gasteiger partial charge < -0.3 is 9.13 Å². The van der Waals surface area contributed by atoms with Gasteiger partial charge in [-0.15, -0.1) is 0 Å². The molecule has 0 spiro atoms. The fourth-order valence-corrected chi connectivity index (χ4v) is 6.96. The van der Waals surface area contributed by atoms with Crippen molar-refractivity contribution in [2.45, 2.75) is 0 Å². The fraction of sp³-hybridized carbons (Fsp3) is 0. The number of nitrogens with one attached hydrogen (secondary N) is 2. The Bertz CT molecular complexity index is 2490. The van der Waals surface area contributed by atoms with E-state index in [0.717, 1.165) is 49.0 Å². The monoisotopic (exact) mass is 623 g/mol. The molecule has 1 aliphatic rings. The van der Waals surface area contributed by atoms with E-state index in [1.54, 1.807) is 24.4 Å². The Hall–Kier alpha value is -6.87. The molecule has 0 bridgehead atoms. The minimum absolute atomic E-state index is 0.113. The van der Waals surface area contributed by atoms with Crippen molar-refractivity contribution in [1.29, 1.82) is 5.41 Å². The largest absolute Gasteiger partial charge is 0.308 e. The summed E-state index contributed by atoms with van der Waals surface area (Å²) in [4.78, 5) is 37.6. The summed E-state index contributed by atoms with van der Waals surface area (Å²) >= 11 is 0. The number of carbonyl (C=O) groups is 2. The van der Waals surface area contributed by atoms with Crippen molar-refractivity contribution in [2.75, 3.05) is 0 Å². The molecule has 9 nitrogen and oxygen atoms in total. The molecule has 2 N–H and O–H groups in total. The number of hydrogen-bond acceptors (Lipinski definition) is 4. The van der Waals surface area contributed by atoms with Gasteiger partial charge in [0.1, 0.15) is 12.0 Å². The van der Waals surface area contributed by atoms with Crippen LogP contribution in [0.25, 0.3) is 55.0 Å². The van der Waals surface area contributed by atoms with E-state index in [0.29, 0.717) is 27.9 Å².